The van der Waals surface area contributed by atoms with Crippen molar-refractivity contribution in [3.8, 4) is 0 Å². The largest absolute Gasteiger partial charge is 0.394 e. The van der Waals surface area contributed by atoms with Crippen molar-refractivity contribution in [2.24, 2.45) is 11.8 Å². The number of anilines is 1. The van der Waals surface area contributed by atoms with E-state index in [1.165, 1.54) is 0 Å². The summed E-state index contributed by atoms with van der Waals surface area (Å²) in [5, 5.41) is 10.2. The lowest BCUT2D eigenvalue weighted by atomic mass is 9.66. The molecular formula is C31H43N3O4S. The number of hydrogen-bond donors (Lipinski definition) is 1. The van der Waals surface area contributed by atoms with Gasteiger partial charge in [-0.1, -0.05) is 43.7 Å². The van der Waals surface area contributed by atoms with E-state index in [0.29, 0.717) is 19.5 Å². The van der Waals surface area contributed by atoms with Gasteiger partial charge in [0.15, 0.2) is 0 Å². The number of amides is 3. The molecule has 8 heteroatoms. The van der Waals surface area contributed by atoms with Gasteiger partial charge in [-0.3, -0.25) is 14.4 Å². The Hall–Kier alpha value is -2.58. The van der Waals surface area contributed by atoms with Gasteiger partial charge in [-0.05, 0) is 52.2 Å². The molecule has 3 aliphatic heterocycles. The molecule has 2 bridgehead atoms. The third kappa shape index (κ3) is 4.73. The number of aliphatic hydroxyl groups is 1. The van der Waals surface area contributed by atoms with Gasteiger partial charge in [-0.15, -0.1) is 24.9 Å². The van der Waals surface area contributed by atoms with Crippen molar-refractivity contribution in [2.45, 2.75) is 81.0 Å². The highest BCUT2D eigenvalue weighted by molar-refractivity contribution is 8.02. The monoisotopic (exact) mass is 553 g/mol. The Balaban J connectivity index is 1.81. The van der Waals surface area contributed by atoms with Gasteiger partial charge in [0.2, 0.25) is 17.7 Å². The maximum atomic E-state index is 14.5. The Morgan fingerprint density at radius 1 is 1.15 bits per heavy atom. The molecule has 3 unspecified atom stereocenters. The van der Waals surface area contributed by atoms with Crippen molar-refractivity contribution >= 4 is 35.2 Å². The number of thioether (sulfide) groups is 1. The summed E-state index contributed by atoms with van der Waals surface area (Å²) in [4.78, 5) is 48.4. The fraction of sp³-hybridized carbons (Fsp3) is 0.581. The van der Waals surface area contributed by atoms with Crippen LogP contribution in [0.25, 0.3) is 0 Å². The Morgan fingerprint density at radius 2 is 1.82 bits per heavy atom. The SMILES string of the molecule is C=CCN(C(=O)[C@H]1[C@H]2C(=O)N([C@H](C)CO)C(C(=O)N(CC=C)C(C)CCC)C23CC[C@]1(C)S3)c1ccccc1. The van der Waals surface area contributed by atoms with E-state index in [4.69, 9.17) is 0 Å². The number of carbonyl (C=O) groups excluding carboxylic acids is 3. The van der Waals surface area contributed by atoms with Gasteiger partial charge in [0, 0.05) is 29.6 Å². The lowest BCUT2D eigenvalue weighted by molar-refractivity contribution is -0.146. The van der Waals surface area contributed by atoms with Crippen LogP contribution in [0.1, 0.15) is 53.4 Å². The van der Waals surface area contributed by atoms with Crippen LogP contribution in [0.3, 0.4) is 0 Å². The lowest BCUT2D eigenvalue weighted by Crippen LogP contribution is -2.58. The topological polar surface area (TPSA) is 81.2 Å². The van der Waals surface area contributed by atoms with Gasteiger partial charge in [-0.25, -0.2) is 0 Å². The van der Waals surface area contributed by atoms with Gasteiger partial charge in [0.25, 0.3) is 0 Å². The van der Waals surface area contributed by atoms with Crippen LogP contribution in [0.4, 0.5) is 5.69 Å². The summed E-state index contributed by atoms with van der Waals surface area (Å²) in [6, 6.07) is 8.17. The number of rotatable bonds is 12. The minimum atomic E-state index is -0.745. The molecule has 3 heterocycles. The average molecular weight is 554 g/mol. The molecule has 212 valence electrons. The van der Waals surface area contributed by atoms with E-state index in [9.17, 15) is 19.5 Å². The van der Waals surface area contributed by atoms with E-state index < -0.39 is 33.4 Å². The van der Waals surface area contributed by atoms with E-state index in [1.54, 1.807) is 40.6 Å². The van der Waals surface area contributed by atoms with Crippen LogP contribution in [0.5, 0.6) is 0 Å². The molecule has 3 amide bonds. The fourth-order valence-corrected chi connectivity index (χ4v) is 9.50. The summed E-state index contributed by atoms with van der Waals surface area (Å²) in [5.41, 5.74) is 0.761. The molecule has 0 aliphatic carbocycles. The molecule has 4 rings (SSSR count). The van der Waals surface area contributed by atoms with Gasteiger partial charge in [0.05, 0.1) is 29.2 Å². The fourth-order valence-electron chi connectivity index (χ4n) is 7.17. The second-order valence-corrected chi connectivity index (χ2v) is 13.4. The van der Waals surface area contributed by atoms with Crippen LogP contribution in [-0.2, 0) is 14.4 Å². The van der Waals surface area contributed by atoms with Crippen LogP contribution in [0, 0.1) is 11.8 Å². The van der Waals surface area contributed by atoms with Gasteiger partial charge < -0.3 is 19.8 Å². The van der Waals surface area contributed by atoms with Crippen LogP contribution >= 0.6 is 11.8 Å². The quantitative estimate of drug-likeness (QED) is 0.391. The highest BCUT2D eigenvalue weighted by Gasteiger charge is 2.78. The third-order valence-corrected chi connectivity index (χ3v) is 10.9. The minimum absolute atomic E-state index is 0.0184. The molecule has 3 fully saturated rings. The zero-order chi connectivity index (χ0) is 28.5. The molecule has 0 aromatic heterocycles. The molecule has 7 atom stereocenters. The van der Waals surface area contributed by atoms with E-state index in [2.05, 4.69) is 27.0 Å². The molecule has 3 saturated heterocycles. The number of para-hydroxylation sites is 1. The van der Waals surface area contributed by atoms with Crippen molar-refractivity contribution in [1.82, 2.24) is 9.80 Å². The Bertz CT molecular complexity index is 1110. The summed E-state index contributed by atoms with van der Waals surface area (Å²) in [7, 11) is 0. The number of aliphatic hydroxyl groups excluding tert-OH is 1. The Morgan fingerprint density at radius 3 is 2.41 bits per heavy atom. The first-order valence-corrected chi connectivity index (χ1v) is 14.9. The Kier molecular flexibility index (Phi) is 8.67. The maximum absolute atomic E-state index is 14.5. The van der Waals surface area contributed by atoms with Gasteiger partial charge in [-0.2, -0.15) is 0 Å². The highest BCUT2D eigenvalue weighted by atomic mass is 32.2. The van der Waals surface area contributed by atoms with E-state index in [1.807, 2.05) is 42.2 Å². The number of benzene rings is 1. The van der Waals surface area contributed by atoms with Crippen LogP contribution in [0.15, 0.2) is 55.6 Å². The standard InChI is InChI=1S/C31H43N3O4S/c1-7-13-21(4)32(18-8-2)29(38)26-31-17-16-30(6,39-31)24(25(31)28(37)34(26)22(5)20-35)27(36)33(19-9-3)23-14-11-10-12-15-23/h8-12,14-15,21-22,24-26,35H,2-3,7,13,16-20H2,1,4-6H3/t21?,22-,24-,25+,26?,30+,31?/m1/s1. The maximum Gasteiger partial charge on any atom is 0.247 e. The highest BCUT2D eigenvalue weighted by Crippen LogP contribution is 2.72. The molecule has 1 spiro atoms. The summed E-state index contributed by atoms with van der Waals surface area (Å²) in [5.74, 6) is -1.64. The van der Waals surface area contributed by atoms with Gasteiger partial charge >= 0.3 is 0 Å². The number of nitrogens with zero attached hydrogens (tertiary/aromatic N) is 3. The smallest absolute Gasteiger partial charge is 0.247 e. The first kappa shape index (κ1) is 29.4. The zero-order valence-electron chi connectivity index (χ0n) is 23.7. The first-order valence-electron chi connectivity index (χ1n) is 14.1. The average Bonchev–Trinajstić information content (AvgIpc) is 3.50. The summed E-state index contributed by atoms with van der Waals surface area (Å²) < 4.78 is -1.20. The molecule has 1 aromatic rings. The van der Waals surface area contributed by atoms with Crippen molar-refractivity contribution in [1.29, 1.82) is 0 Å². The molecular weight excluding hydrogens is 510 g/mol. The molecule has 3 aliphatic rings. The lowest BCUT2D eigenvalue weighted by Gasteiger charge is -2.40. The number of likely N-dealkylation sites (tertiary alicyclic amines) is 1. The molecule has 7 nitrogen and oxygen atoms in total. The second kappa shape index (κ2) is 11.5. The van der Waals surface area contributed by atoms with Crippen LogP contribution in [0.2, 0.25) is 0 Å². The predicted molar refractivity (Wildman–Crippen MR) is 157 cm³/mol. The van der Waals surface area contributed by atoms with Gasteiger partial charge in [0.1, 0.15) is 6.04 Å². The van der Waals surface area contributed by atoms with E-state index >= 15 is 0 Å². The van der Waals surface area contributed by atoms with Crippen LogP contribution < -0.4 is 4.90 Å². The van der Waals surface area contributed by atoms with Crippen molar-refractivity contribution < 1.29 is 19.5 Å². The second-order valence-electron chi connectivity index (χ2n) is 11.5. The molecule has 39 heavy (non-hydrogen) atoms. The van der Waals surface area contributed by atoms with E-state index in [0.717, 1.165) is 24.9 Å². The predicted octanol–water partition coefficient (Wildman–Crippen LogP) is 4.27. The third-order valence-electron chi connectivity index (χ3n) is 8.95. The zero-order valence-corrected chi connectivity index (χ0v) is 24.5. The summed E-state index contributed by atoms with van der Waals surface area (Å²) in [6.07, 6.45) is 6.62. The number of carbonyl (C=O) groups is 3. The first-order chi connectivity index (χ1) is 18.6. The van der Waals surface area contributed by atoms with Crippen LogP contribution in [-0.4, -0.2) is 79.9 Å². The molecule has 1 N–H and O–H groups in total. The van der Waals surface area contributed by atoms with E-state index in [-0.39, 0.29) is 30.4 Å². The minimum Gasteiger partial charge on any atom is -0.394 e. The Labute approximate surface area is 237 Å². The van der Waals surface area contributed by atoms with Crippen molar-refractivity contribution in [3.05, 3.63) is 55.6 Å². The molecule has 0 saturated carbocycles. The number of hydrogen-bond acceptors (Lipinski definition) is 5. The molecule has 0 radical (unpaired) electrons. The summed E-state index contributed by atoms with van der Waals surface area (Å²) >= 11 is 1.66. The van der Waals surface area contributed by atoms with Crippen molar-refractivity contribution in [3.63, 3.8) is 0 Å². The number of fused-ring (bicyclic) bond motifs is 1. The van der Waals surface area contributed by atoms with Crippen molar-refractivity contribution in [2.75, 3.05) is 24.6 Å². The normalized spacial score (nSPS) is 30.5. The molecule has 1 aromatic carbocycles. The summed E-state index contributed by atoms with van der Waals surface area (Å²) in [6.45, 7) is 16.2.